The molecule has 4 nitrogen and oxygen atoms in total. The van der Waals surface area contributed by atoms with Crippen LogP contribution >= 0.6 is 0 Å². The minimum absolute atomic E-state index is 0.222. The first-order valence-electron chi connectivity index (χ1n) is 4.04. The van der Waals surface area contributed by atoms with E-state index in [1.54, 1.807) is 0 Å². The molecule has 1 spiro atoms. The van der Waals surface area contributed by atoms with Gasteiger partial charge in [-0.2, -0.15) is 0 Å². The molecular weight excluding hydrogens is 159 g/mol. The Morgan fingerprint density at radius 3 is 2.50 bits per heavy atom. The van der Waals surface area contributed by atoms with Crippen LogP contribution < -0.4 is 0 Å². The number of aliphatic hydroxyl groups excluding tert-OH is 2. The Bertz CT molecular complexity index is 182. The average Bonchev–Trinajstić information content (AvgIpc) is 2.21. The van der Waals surface area contributed by atoms with Crippen molar-refractivity contribution in [1.29, 1.82) is 0 Å². The minimum atomic E-state index is -0.800. The molecule has 66 valence electrons. The van der Waals surface area contributed by atoms with Crippen molar-refractivity contribution in [1.82, 2.24) is 0 Å². The van der Waals surface area contributed by atoms with Crippen molar-refractivity contribution in [2.24, 2.45) is 0 Å². The van der Waals surface area contributed by atoms with E-state index in [-0.39, 0.29) is 6.61 Å². The summed E-state index contributed by atoms with van der Waals surface area (Å²) in [5.74, 6) is 0. The van der Waals surface area contributed by atoms with Crippen molar-refractivity contribution in [2.45, 2.75) is 30.2 Å². The molecule has 2 heterocycles. The first-order valence-corrected chi connectivity index (χ1v) is 4.04. The average molecular weight is 170 g/mol. The van der Waals surface area contributed by atoms with E-state index in [4.69, 9.17) is 22.4 Å². The summed E-state index contributed by atoms with van der Waals surface area (Å²) in [6.07, 6.45) is -0.696. The van der Waals surface area contributed by atoms with E-state index in [1.165, 1.54) is 0 Å². The third-order valence-corrected chi connectivity index (χ3v) is 2.70. The summed E-state index contributed by atoms with van der Waals surface area (Å²) < 4.78 is 10.4. The quantitative estimate of drug-likeness (QED) is 0.465. The lowest BCUT2D eigenvalue weighted by Gasteiger charge is -2.43. The zero-order valence-electron chi connectivity index (χ0n) is 6.64. The molecule has 0 aromatic heterocycles. The number of ether oxygens (including phenoxy) is 2. The first-order chi connectivity index (χ1) is 5.70. The van der Waals surface area contributed by atoms with Crippen LogP contribution in [0.2, 0.25) is 0 Å². The Morgan fingerprint density at radius 2 is 2.25 bits per heavy atom. The zero-order chi connectivity index (χ0) is 8.77. The van der Waals surface area contributed by atoms with Crippen LogP contribution in [0.4, 0.5) is 0 Å². The lowest BCUT2D eigenvalue weighted by molar-refractivity contribution is -0.194. The number of hydrogen-bond donors (Lipinski definition) is 2. The minimum Gasteiger partial charge on any atom is -0.394 e. The molecule has 0 bridgehead atoms. The number of rotatable bonds is 1. The fraction of sp³-hybridized carbons (Fsp3) is 1.00. The third-order valence-electron chi connectivity index (χ3n) is 2.70. The summed E-state index contributed by atoms with van der Waals surface area (Å²) in [6.45, 7) is 0.381. The van der Waals surface area contributed by atoms with Crippen molar-refractivity contribution in [2.75, 3.05) is 13.2 Å². The van der Waals surface area contributed by atoms with Crippen molar-refractivity contribution in [3.05, 3.63) is 0 Å². The highest BCUT2D eigenvalue weighted by Crippen LogP contribution is 2.41. The Morgan fingerprint density at radius 1 is 1.58 bits per heavy atom. The summed E-state index contributed by atoms with van der Waals surface area (Å²) in [4.78, 5) is 0. The monoisotopic (exact) mass is 170 g/mol. The van der Waals surface area contributed by atoms with Gasteiger partial charge in [0.05, 0.1) is 13.2 Å². The van der Waals surface area contributed by atoms with Crippen LogP contribution in [0.5, 0.6) is 0 Å². The molecule has 2 aliphatic heterocycles. The lowest BCUT2D eigenvalue weighted by Crippen LogP contribution is -2.58. The smallest absolute Gasteiger partial charge is 0.116 e. The summed E-state index contributed by atoms with van der Waals surface area (Å²) in [6, 6.07) is -0.613. The molecule has 2 rings (SSSR count). The molecule has 0 aromatic carbocycles. The molecule has 0 saturated carbocycles. The molecule has 2 N–H and O–H groups in total. The highest BCUT2D eigenvalue weighted by atomic mass is 16.6. The van der Waals surface area contributed by atoms with Gasteiger partial charge in [-0.05, 0) is 0 Å². The van der Waals surface area contributed by atoms with Gasteiger partial charge in [-0.3, -0.25) is 0 Å². The Balaban J connectivity index is 2.14. The highest BCUT2D eigenvalue weighted by molar-refractivity contribution is 6.12. The van der Waals surface area contributed by atoms with Crippen LogP contribution in [0.3, 0.4) is 0 Å². The predicted molar refractivity (Wildman–Crippen MR) is 40.8 cm³/mol. The van der Waals surface area contributed by atoms with E-state index in [0.717, 1.165) is 0 Å². The Kier molecular flexibility index (Phi) is 1.91. The molecule has 0 aliphatic carbocycles. The molecule has 0 aromatic rings. The summed E-state index contributed by atoms with van der Waals surface area (Å²) in [7, 11) is 5.61. The van der Waals surface area contributed by atoms with Crippen LogP contribution in [0.1, 0.15) is 6.42 Å². The van der Waals surface area contributed by atoms with Crippen LogP contribution in [-0.2, 0) is 9.47 Å². The normalized spacial score (nSPS) is 52.7. The van der Waals surface area contributed by atoms with Gasteiger partial charge >= 0.3 is 0 Å². The molecule has 0 amide bonds. The zero-order valence-corrected chi connectivity index (χ0v) is 6.64. The lowest BCUT2D eigenvalue weighted by atomic mass is 9.75. The molecule has 5 heteroatoms. The van der Waals surface area contributed by atoms with Gasteiger partial charge in [-0.25, -0.2) is 0 Å². The molecule has 12 heavy (non-hydrogen) atoms. The number of hydrogen-bond acceptors (Lipinski definition) is 4. The maximum absolute atomic E-state index is 9.64. The summed E-state index contributed by atoms with van der Waals surface area (Å²) >= 11 is 0. The van der Waals surface area contributed by atoms with Gasteiger partial charge in [0.15, 0.2) is 0 Å². The van der Waals surface area contributed by atoms with E-state index in [9.17, 15) is 5.11 Å². The van der Waals surface area contributed by atoms with Gasteiger partial charge in [0.25, 0.3) is 0 Å². The van der Waals surface area contributed by atoms with E-state index < -0.39 is 23.8 Å². The summed E-state index contributed by atoms with van der Waals surface area (Å²) in [5.41, 5.74) is -0.743. The third kappa shape index (κ3) is 0.878. The van der Waals surface area contributed by atoms with Crippen molar-refractivity contribution in [3.8, 4) is 0 Å². The van der Waals surface area contributed by atoms with Crippen LogP contribution in [0.25, 0.3) is 0 Å². The van der Waals surface area contributed by atoms with Gasteiger partial charge in [0, 0.05) is 12.4 Å². The van der Waals surface area contributed by atoms with Crippen molar-refractivity contribution in [3.63, 3.8) is 0 Å². The van der Waals surface area contributed by atoms with Gasteiger partial charge in [0.2, 0.25) is 0 Å². The first kappa shape index (κ1) is 8.50. The second-order valence-electron chi connectivity index (χ2n) is 3.28. The molecular formula is C7H11BO4. The van der Waals surface area contributed by atoms with Crippen LogP contribution in [0, 0.1) is 0 Å². The van der Waals surface area contributed by atoms with E-state index >= 15 is 0 Å². The molecule has 2 aliphatic rings. The van der Waals surface area contributed by atoms with Crippen LogP contribution in [-0.4, -0.2) is 55.1 Å². The van der Waals surface area contributed by atoms with Gasteiger partial charge < -0.3 is 19.7 Å². The van der Waals surface area contributed by atoms with E-state index in [0.29, 0.717) is 13.0 Å². The van der Waals surface area contributed by atoms with E-state index in [2.05, 4.69) is 0 Å². The largest absolute Gasteiger partial charge is 0.394 e. The second kappa shape index (κ2) is 2.70. The SMILES string of the molecule is [B][C@@H]1O[C@H](CO)[C@H](O)C12CCO2. The molecule has 1 unspecified atom stereocenters. The van der Waals surface area contributed by atoms with Crippen molar-refractivity contribution < 1.29 is 19.7 Å². The summed E-state index contributed by atoms with van der Waals surface area (Å²) in [5, 5.41) is 18.4. The molecule has 2 saturated heterocycles. The molecule has 4 atom stereocenters. The maximum atomic E-state index is 9.64. The number of aliphatic hydroxyl groups is 2. The van der Waals surface area contributed by atoms with Crippen LogP contribution in [0.15, 0.2) is 0 Å². The van der Waals surface area contributed by atoms with Crippen molar-refractivity contribution >= 4 is 7.85 Å². The standard InChI is InChI=1S/C7H11BO4/c8-6-7(1-2-11-7)5(10)4(3-9)12-6/h4-6,9-10H,1-3H2/t4-,5+,6-,7?/m1/s1. The van der Waals surface area contributed by atoms with Gasteiger partial charge in [-0.15, -0.1) is 0 Å². The highest BCUT2D eigenvalue weighted by Gasteiger charge is 2.58. The Hall–Kier alpha value is -0.0951. The molecule has 2 fully saturated rings. The molecule has 2 radical (unpaired) electrons. The van der Waals surface area contributed by atoms with E-state index in [1.807, 2.05) is 0 Å². The second-order valence-corrected chi connectivity index (χ2v) is 3.28. The fourth-order valence-corrected chi connectivity index (χ4v) is 1.80. The Labute approximate surface area is 71.9 Å². The van der Waals surface area contributed by atoms with Gasteiger partial charge in [0.1, 0.15) is 25.7 Å². The predicted octanol–water partition coefficient (Wildman–Crippen LogP) is -1.61. The fourth-order valence-electron chi connectivity index (χ4n) is 1.80. The maximum Gasteiger partial charge on any atom is 0.116 e. The topological polar surface area (TPSA) is 58.9 Å². The van der Waals surface area contributed by atoms with Gasteiger partial charge in [-0.1, -0.05) is 0 Å².